The molecule has 3 N–H and O–H groups in total. The molecule has 1 saturated heterocycles. The van der Waals surface area contributed by atoms with E-state index in [1.165, 1.54) is 12.1 Å². The molecule has 4 heterocycles. The SMILES string of the molecule is O.O=c1oc2ccccc2cc1CCN1CCC(Nc2nc3cccnc3n2Cc2ccc(F)cc2)CC1. The molecule has 9 heteroatoms. The van der Waals surface area contributed by atoms with Crippen molar-refractivity contribution in [3.63, 3.8) is 0 Å². The van der Waals surface area contributed by atoms with Crippen LogP contribution in [-0.4, -0.2) is 50.6 Å². The molecule has 0 bridgehead atoms. The van der Waals surface area contributed by atoms with E-state index in [0.29, 0.717) is 18.5 Å². The number of likely N-dealkylation sites (tertiary alicyclic amines) is 1. The summed E-state index contributed by atoms with van der Waals surface area (Å²) in [4.78, 5) is 24.1. The van der Waals surface area contributed by atoms with Gasteiger partial charge in [-0.15, -0.1) is 0 Å². The van der Waals surface area contributed by atoms with Crippen molar-refractivity contribution in [3.8, 4) is 0 Å². The zero-order valence-corrected chi connectivity index (χ0v) is 20.9. The molecule has 0 aliphatic carbocycles. The van der Waals surface area contributed by atoms with E-state index < -0.39 is 0 Å². The Morgan fingerprint density at radius 2 is 1.82 bits per heavy atom. The van der Waals surface area contributed by atoms with Crippen LogP contribution >= 0.6 is 0 Å². The molecule has 3 aromatic heterocycles. The van der Waals surface area contributed by atoms with Gasteiger partial charge in [-0.1, -0.05) is 30.3 Å². The van der Waals surface area contributed by atoms with Crippen molar-refractivity contribution in [2.75, 3.05) is 25.0 Å². The third kappa shape index (κ3) is 5.44. The van der Waals surface area contributed by atoms with Crippen LogP contribution in [0.25, 0.3) is 22.1 Å². The van der Waals surface area contributed by atoms with Crippen molar-refractivity contribution >= 4 is 28.1 Å². The lowest BCUT2D eigenvalue weighted by Crippen LogP contribution is -2.40. The van der Waals surface area contributed by atoms with Gasteiger partial charge in [-0.25, -0.2) is 19.2 Å². The summed E-state index contributed by atoms with van der Waals surface area (Å²) in [5.74, 6) is 0.536. The zero-order chi connectivity index (χ0) is 25.2. The van der Waals surface area contributed by atoms with E-state index in [9.17, 15) is 9.18 Å². The molecule has 1 fully saturated rings. The Kier molecular flexibility index (Phi) is 7.48. The van der Waals surface area contributed by atoms with Gasteiger partial charge in [0.2, 0.25) is 5.95 Å². The summed E-state index contributed by atoms with van der Waals surface area (Å²) in [5, 5.41) is 4.60. The standard InChI is InChI=1S/C29H28FN5O2.H2O/c30-23-9-7-20(8-10-23)19-35-27-25(5-3-14-31-27)33-29(35)32-24-12-16-34(17-13-24)15-11-22-18-21-4-1-2-6-26(21)37-28(22)36;/h1-10,14,18,24H,11-13,15-17,19H2,(H,32,33);1H2. The molecular weight excluding hydrogens is 485 g/mol. The second kappa shape index (κ2) is 11.1. The van der Waals surface area contributed by atoms with Crippen molar-refractivity contribution in [2.24, 2.45) is 0 Å². The number of rotatable bonds is 7. The first kappa shape index (κ1) is 25.6. The number of hydrogen-bond donors (Lipinski definition) is 1. The number of aromatic nitrogens is 3. The predicted molar refractivity (Wildman–Crippen MR) is 146 cm³/mol. The maximum absolute atomic E-state index is 13.4. The number of hydrogen-bond acceptors (Lipinski definition) is 6. The Morgan fingerprint density at radius 1 is 1.03 bits per heavy atom. The average molecular weight is 516 g/mol. The number of halogens is 1. The molecule has 0 saturated carbocycles. The summed E-state index contributed by atoms with van der Waals surface area (Å²) in [7, 11) is 0. The lowest BCUT2D eigenvalue weighted by atomic mass is 10.0. The number of nitrogens with zero attached hydrogens (tertiary/aromatic N) is 4. The molecular formula is C29H30FN5O3. The first-order valence-electron chi connectivity index (χ1n) is 12.7. The van der Waals surface area contributed by atoms with Crippen LogP contribution in [0.15, 0.2) is 82.1 Å². The quantitative estimate of drug-likeness (QED) is 0.328. The van der Waals surface area contributed by atoms with Crippen molar-refractivity contribution < 1.29 is 14.3 Å². The molecule has 196 valence electrons. The molecule has 8 nitrogen and oxygen atoms in total. The minimum Gasteiger partial charge on any atom is -0.423 e. The number of fused-ring (bicyclic) bond motifs is 2. The first-order valence-corrected chi connectivity index (χ1v) is 12.7. The Labute approximate surface area is 219 Å². The minimum absolute atomic E-state index is 0. The highest BCUT2D eigenvalue weighted by molar-refractivity contribution is 5.76. The number of nitrogens with one attached hydrogen (secondary N) is 1. The summed E-state index contributed by atoms with van der Waals surface area (Å²) in [6.45, 7) is 3.26. The van der Waals surface area contributed by atoms with E-state index in [1.807, 2.05) is 42.5 Å². The normalized spacial score (nSPS) is 14.6. The van der Waals surface area contributed by atoms with Crippen LogP contribution in [0, 0.1) is 5.82 Å². The molecule has 0 amide bonds. The number of pyridine rings is 1. The second-order valence-corrected chi connectivity index (χ2v) is 9.60. The molecule has 2 aromatic carbocycles. The number of anilines is 1. The van der Waals surface area contributed by atoms with E-state index >= 15 is 0 Å². The van der Waals surface area contributed by atoms with Crippen LogP contribution in [0.3, 0.4) is 0 Å². The smallest absolute Gasteiger partial charge is 0.339 e. The predicted octanol–water partition coefficient (Wildman–Crippen LogP) is 4.02. The Bertz CT molecular complexity index is 1590. The van der Waals surface area contributed by atoms with Crippen LogP contribution in [0.5, 0.6) is 0 Å². The van der Waals surface area contributed by atoms with Gasteiger partial charge in [0.15, 0.2) is 5.65 Å². The van der Waals surface area contributed by atoms with Crippen LogP contribution in [0.1, 0.15) is 24.0 Å². The fraction of sp³-hybridized carbons (Fsp3) is 0.276. The summed E-state index contributed by atoms with van der Waals surface area (Å²) in [5.41, 5.74) is 3.73. The van der Waals surface area contributed by atoms with Crippen molar-refractivity contribution in [3.05, 3.63) is 100 Å². The number of benzene rings is 2. The van der Waals surface area contributed by atoms with Gasteiger partial charge in [0.1, 0.15) is 16.9 Å². The van der Waals surface area contributed by atoms with Gasteiger partial charge in [0.05, 0.1) is 6.54 Å². The van der Waals surface area contributed by atoms with Crippen molar-refractivity contribution in [1.29, 1.82) is 0 Å². The van der Waals surface area contributed by atoms with Crippen molar-refractivity contribution in [2.45, 2.75) is 31.8 Å². The first-order chi connectivity index (χ1) is 18.1. The number of imidazole rings is 1. The van der Waals surface area contributed by atoms with Crippen LogP contribution < -0.4 is 10.9 Å². The monoisotopic (exact) mass is 515 g/mol. The summed E-state index contributed by atoms with van der Waals surface area (Å²) in [6.07, 6.45) is 4.38. The third-order valence-electron chi connectivity index (χ3n) is 7.09. The van der Waals surface area contributed by atoms with Crippen LogP contribution in [-0.2, 0) is 13.0 Å². The van der Waals surface area contributed by atoms with Gasteiger partial charge in [-0.05, 0) is 61.2 Å². The van der Waals surface area contributed by atoms with E-state index in [0.717, 1.165) is 66.1 Å². The molecule has 5 aromatic rings. The number of para-hydroxylation sites is 1. The topological polar surface area (TPSA) is 108 Å². The fourth-order valence-electron chi connectivity index (χ4n) is 5.03. The molecule has 0 radical (unpaired) electrons. The van der Waals surface area contributed by atoms with Gasteiger partial charge in [-0.2, -0.15) is 0 Å². The van der Waals surface area contributed by atoms with Crippen LogP contribution in [0.2, 0.25) is 0 Å². The summed E-state index contributed by atoms with van der Waals surface area (Å²) >= 11 is 0. The van der Waals surface area contributed by atoms with Crippen molar-refractivity contribution in [1.82, 2.24) is 19.4 Å². The van der Waals surface area contributed by atoms with Crippen LogP contribution in [0.4, 0.5) is 10.3 Å². The molecule has 0 spiro atoms. The van der Waals surface area contributed by atoms with Gasteiger partial charge < -0.3 is 20.1 Å². The van der Waals surface area contributed by atoms with Gasteiger partial charge in [0.25, 0.3) is 0 Å². The maximum atomic E-state index is 13.4. The van der Waals surface area contributed by atoms with E-state index in [4.69, 9.17) is 9.40 Å². The minimum atomic E-state index is -0.246. The Balaban J connectivity index is 0.00000294. The Morgan fingerprint density at radius 3 is 2.63 bits per heavy atom. The number of piperidine rings is 1. The molecule has 38 heavy (non-hydrogen) atoms. The zero-order valence-electron chi connectivity index (χ0n) is 20.9. The molecule has 6 rings (SSSR count). The van der Waals surface area contributed by atoms with E-state index in [-0.39, 0.29) is 23.0 Å². The average Bonchev–Trinajstić information content (AvgIpc) is 3.26. The Hall–Kier alpha value is -4.08. The largest absolute Gasteiger partial charge is 0.423 e. The molecule has 1 aliphatic heterocycles. The third-order valence-corrected chi connectivity index (χ3v) is 7.09. The van der Waals surface area contributed by atoms with E-state index in [2.05, 4.69) is 19.8 Å². The summed E-state index contributed by atoms with van der Waals surface area (Å²) < 4.78 is 21.0. The highest BCUT2D eigenvalue weighted by atomic mass is 19.1. The molecule has 1 aliphatic rings. The maximum Gasteiger partial charge on any atom is 0.339 e. The van der Waals surface area contributed by atoms with Gasteiger partial charge in [0, 0.05) is 42.8 Å². The molecule has 0 unspecified atom stereocenters. The van der Waals surface area contributed by atoms with E-state index in [1.54, 1.807) is 18.3 Å². The highest BCUT2D eigenvalue weighted by Gasteiger charge is 2.22. The lowest BCUT2D eigenvalue weighted by molar-refractivity contribution is 0.220. The fourth-order valence-corrected chi connectivity index (χ4v) is 5.03. The highest BCUT2D eigenvalue weighted by Crippen LogP contribution is 2.23. The summed E-state index contributed by atoms with van der Waals surface area (Å²) in [6, 6.07) is 20.2. The lowest BCUT2D eigenvalue weighted by Gasteiger charge is -2.32. The second-order valence-electron chi connectivity index (χ2n) is 9.60. The molecule has 0 atom stereocenters. The van der Waals surface area contributed by atoms with Gasteiger partial charge >= 0.3 is 5.63 Å². The van der Waals surface area contributed by atoms with Gasteiger partial charge in [-0.3, -0.25) is 4.57 Å².